The number of rotatable bonds is 5. The monoisotopic (exact) mass is 337 g/mol. The summed E-state index contributed by atoms with van der Waals surface area (Å²) in [5, 5.41) is 3.18. The van der Waals surface area contributed by atoms with Crippen LogP contribution in [0, 0.1) is 0 Å². The van der Waals surface area contributed by atoms with E-state index in [1.807, 2.05) is 30.3 Å². The molecule has 0 unspecified atom stereocenters. The Kier molecular flexibility index (Phi) is 5.87. The SMILES string of the molecule is CCc1ccc(C(=O)NC[C@@]2(c3ccccc3)CCCOCC2)cc1. The maximum Gasteiger partial charge on any atom is 0.251 e. The molecule has 1 saturated heterocycles. The average Bonchev–Trinajstić information content (AvgIpc) is 2.93. The fourth-order valence-electron chi connectivity index (χ4n) is 3.61. The Hall–Kier alpha value is -2.13. The van der Waals surface area contributed by atoms with Crippen molar-refractivity contribution in [2.45, 2.75) is 38.0 Å². The van der Waals surface area contributed by atoms with Crippen LogP contribution in [-0.4, -0.2) is 25.7 Å². The van der Waals surface area contributed by atoms with Gasteiger partial charge in [-0.25, -0.2) is 0 Å². The molecule has 132 valence electrons. The summed E-state index contributed by atoms with van der Waals surface area (Å²) < 4.78 is 5.68. The molecular formula is C22H27NO2. The van der Waals surface area contributed by atoms with Gasteiger partial charge in [0, 0.05) is 30.7 Å². The second-order valence-electron chi connectivity index (χ2n) is 6.85. The predicted molar refractivity (Wildman–Crippen MR) is 101 cm³/mol. The Bertz CT molecular complexity index is 671. The Balaban J connectivity index is 1.75. The van der Waals surface area contributed by atoms with Gasteiger partial charge in [-0.1, -0.05) is 49.4 Å². The quantitative estimate of drug-likeness (QED) is 0.891. The average molecular weight is 337 g/mol. The van der Waals surface area contributed by atoms with Gasteiger partial charge in [0.2, 0.25) is 0 Å². The van der Waals surface area contributed by atoms with Crippen molar-refractivity contribution in [3.05, 3.63) is 71.3 Å². The van der Waals surface area contributed by atoms with E-state index in [0.717, 1.165) is 44.5 Å². The number of ether oxygens (including phenoxy) is 1. The first-order valence-corrected chi connectivity index (χ1v) is 9.24. The number of carbonyl (C=O) groups is 1. The maximum absolute atomic E-state index is 12.6. The van der Waals surface area contributed by atoms with E-state index < -0.39 is 0 Å². The van der Waals surface area contributed by atoms with Crippen LogP contribution < -0.4 is 5.32 Å². The lowest BCUT2D eigenvalue weighted by Crippen LogP contribution is -2.41. The molecule has 0 aliphatic carbocycles. The van der Waals surface area contributed by atoms with Crippen LogP contribution in [0.1, 0.15) is 47.7 Å². The molecule has 0 aromatic heterocycles. The zero-order chi connectivity index (χ0) is 17.5. The molecule has 1 atom stereocenters. The van der Waals surface area contributed by atoms with Gasteiger partial charge in [0.1, 0.15) is 0 Å². The fourth-order valence-corrected chi connectivity index (χ4v) is 3.61. The van der Waals surface area contributed by atoms with Crippen molar-refractivity contribution < 1.29 is 9.53 Å². The van der Waals surface area contributed by atoms with Crippen molar-refractivity contribution in [1.29, 1.82) is 0 Å². The van der Waals surface area contributed by atoms with Crippen LogP contribution in [0.15, 0.2) is 54.6 Å². The zero-order valence-electron chi connectivity index (χ0n) is 15.0. The molecule has 0 radical (unpaired) electrons. The summed E-state index contributed by atoms with van der Waals surface area (Å²) in [7, 11) is 0. The van der Waals surface area contributed by atoms with Crippen LogP contribution in [0.5, 0.6) is 0 Å². The van der Waals surface area contributed by atoms with Crippen molar-refractivity contribution in [3.63, 3.8) is 0 Å². The van der Waals surface area contributed by atoms with E-state index in [0.29, 0.717) is 6.54 Å². The summed E-state index contributed by atoms with van der Waals surface area (Å²) in [5.41, 5.74) is 3.22. The van der Waals surface area contributed by atoms with Crippen molar-refractivity contribution in [2.24, 2.45) is 0 Å². The first-order valence-electron chi connectivity index (χ1n) is 9.24. The molecule has 1 aliphatic heterocycles. The molecule has 1 fully saturated rings. The van der Waals surface area contributed by atoms with Gasteiger partial charge in [0.05, 0.1) is 0 Å². The summed E-state index contributed by atoms with van der Waals surface area (Å²) >= 11 is 0. The third kappa shape index (κ3) is 4.29. The number of carbonyl (C=O) groups excluding carboxylic acids is 1. The van der Waals surface area contributed by atoms with E-state index in [1.54, 1.807) is 0 Å². The zero-order valence-corrected chi connectivity index (χ0v) is 15.0. The molecule has 0 spiro atoms. The van der Waals surface area contributed by atoms with Crippen LogP contribution in [-0.2, 0) is 16.6 Å². The Labute approximate surface area is 150 Å². The molecule has 0 saturated carbocycles. The molecule has 3 nitrogen and oxygen atoms in total. The third-order valence-electron chi connectivity index (χ3n) is 5.27. The molecule has 1 aliphatic rings. The molecule has 1 N–H and O–H groups in total. The second kappa shape index (κ2) is 8.30. The van der Waals surface area contributed by atoms with Gasteiger partial charge in [0.25, 0.3) is 5.91 Å². The highest BCUT2D eigenvalue weighted by molar-refractivity contribution is 5.94. The fraction of sp³-hybridized carbons (Fsp3) is 0.409. The van der Waals surface area contributed by atoms with Gasteiger partial charge in [-0.15, -0.1) is 0 Å². The van der Waals surface area contributed by atoms with Crippen LogP contribution in [0.2, 0.25) is 0 Å². The highest BCUT2D eigenvalue weighted by Gasteiger charge is 2.33. The van der Waals surface area contributed by atoms with E-state index in [2.05, 4.69) is 36.5 Å². The number of aryl methyl sites for hydroxylation is 1. The molecule has 3 heteroatoms. The summed E-state index contributed by atoms with van der Waals surface area (Å²) in [5.74, 6) is 0.00289. The highest BCUT2D eigenvalue weighted by Crippen LogP contribution is 2.34. The lowest BCUT2D eigenvalue weighted by Gasteiger charge is -2.33. The third-order valence-corrected chi connectivity index (χ3v) is 5.27. The van der Waals surface area contributed by atoms with E-state index >= 15 is 0 Å². The van der Waals surface area contributed by atoms with Crippen molar-refractivity contribution in [2.75, 3.05) is 19.8 Å². The lowest BCUT2D eigenvalue weighted by molar-refractivity contribution is 0.0937. The minimum atomic E-state index is -0.0449. The van der Waals surface area contributed by atoms with Crippen molar-refractivity contribution >= 4 is 5.91 Å². The molecule has 1 heterocycles. The largest absolute Gasteiger partial charge is 0.381 e. The number of benzene rings is 2. The topological polar surface area (TPSA) is 38.3 Å². The number of hydrogen-bond acceptors (Lipinski definition) is 2. The van der Waals surface area contributed by atoms with Gasteiger partial charge in [-0.3, -0.25) is 4.79 Å². The summed E-state index contributed by atoms with van der Waals surface area (Å²) in [6.07, 6.45) is 3.98. The molecule has 2 aromatic carbocycles. The number of hydrogen-bond donors (Lipinski definition) is 1. The molecule has 2 aromatic rings. The number of amides is 1. The number of nitrogens with one attached hydrogen (secondary N) is 1. The minimum absolute atomic E-state index is 0.00289. The highest BCUT2D eigenvalue weighted by atomic mass is 16.5. The van der Waals surface area contributed by atoms with Gasteiger partial charge in [0.15, 0.2) is 0 Å². The van der Waals surface area contributed by atoms with Crippen molar-refractivity contribution in [1.82, 2.24) is 5.32 Å². The maximum atomic E-state index is 12.6. The minimum Gasteiger partial charge on any atom is -0.381 e. The Morgan fingerprint density at radius 3 is 2.52 bits per heavy atom. The molecule has 0 bridgehead atoms. The van der Waals surface area contributed by atoms with Crippen LogP contribution in [0.25, 0.3) is 0 Å². The van der Waals surface area contributed by atoms with Crippen LogP contribution in [0.3, 0.4) is 0 Å². The first kappa shape index (κ1) is 17.7. The first-order chi connectivity index (χ1) is 12.2. The summed E-state index contributed by atoms with van der Waals surface area (Å²) in [6.45, 7) is 4.32. The van der Waals surface area contributed by atoms with Crippen LogP contribution >= 0.6 is 0 Å². The second-order valence-corrected chi connectivity index (χ2v) is 6.85. The van der Waals surface area contributed by atoms with E-state index in [1.165, 1.54) is 11.1 Å². The van der Waals surface area contributed by atoms with E-state index in [9.17, 15) is 4.79 Å². The van der Waals surface area contributed by atoms with E-state index in [-0.39, 0.29) is 11.3 Å². The smallest absolute Gasteiger partial charge is 0.251 e. The van der Waals surface area contributed by atoms with E-state index in [4.69, 9.17) is 4.74 Å². The molecule has 1 amide bonds. The Morgan fingerprint density at radius 1 is 1.04 bits per heavy atom. The van der Waals surface area contributed by atoms with Crippen molar-refractivity contribution in [3.8, 4) is 0 Å². The normalized spacial score (nSPS) is 20.7. The summed E-state index contributed by atoms with van der Waals surface area (Å²) in [6, 6.07) is 18.4. The lowest BCUT2D eigenvalue weighted by atomic mass is 9.74. The molecule has 3 rings (SSSR count). The Morgan fingerprint density at radius 2 is 1.80 bits per heavy atom. The van der Waals surface area contributed by atoms with Gasteiger partial charge in [-0.05, 0) is 48.9 Å². The predicted octanol–water partition coefficient (Wildman–Crippen LogP) is 4.12. The molecule has 25 heavy (non-hydrogen) atoms. The van der Waals surface area contributed by atoms with Gasteiger partial charge < -0.3 is 10.1 Å². The summed E-state index contributed by atoms with van der Waals surface area (Å²) in [4.78, 5) is 12.6. The molecular weight excluding hydrogens is 310 g/mol. The van der Waals surface area contributed by atoms with Gasteiger partial charge in [-0.2, -0.15) is 0 Å². The standard InChI is InChI=1S/C22H27NO2/c1-2-18-9-11-19(12-10-18)21(24)23-17-22(13-6-15-25-16-14-22)20-7-4-3-5-8-20/h3-5,7-12H,2,6,13-17H2,1H3,(H,23,24)/t22-/m1/s1. The van der Waals surface area contributed by atoms with Gasteiger partial charge >= 0.3 is 0 Å². The van der Waals surface area contributed by atoms with Crippen LogP contribution in [0.4, 0.5) is 0 Å².